The highest BCUT2D eigenvalue weighted by Crippen LogP contribution is 2.24. The lowest BCUT2D eigenvalue weighted by Crippen LogP contribution is -2.33. The molecule has 1 heterocycles. The Morgan fingerprint density at radius 1 is 1.12 bits per heavy atom. The van der Waals surface area contributed by atoms with Gasteiger partial charge in [-0.15, -0.1) is 0 Å². The standard InChI is InChI=1S/C25H30N4O3/c1-29-21-13-12-18(27-25(31)19-10-6-7-11-22(19)32-2)16-20(21)28-23(29)14-15-26-24(30)17-8-4-3-5-9-17/h6-7,10-13,16-17H,3-5,8-9,14-15H2,1-2H3,(H,26,30)(H,27,31). The fraction of sp³-hybridized carbons (Fsp3) is 0.400. The van der Waals surface area contributed by atoms with Gasteiger partial charge in [-0.1, -0.05) is 31.4 Å². The lowest BCUT2D eigenvalue weighted by Gasteiger charge is -2.20. The zero-order valence-electron chi connectivity index (χ0n) is 18.7. The summed E-state index contributed by atoms with van der Waals surface area (Å²) in [6.07, 6.45) is 6.21. The molecule has 32 heavy (non-hydrogen) atoms. The molecule has 0 radical (unpaired) electrons. The van der Waals surface area contributed by atoms with Gasteiger partial charge in [-0.05, 0) is 43.2 Å². The number of carbonyl (C=O) groups excluding carboxylic acids is 2. The summed E-state index contributed by atoms with van der Waals surface area (Å²) in [4.78, 5) is 29.8. The van der Waals surface area contributed by atoms with Crippen molar-refractivity contribution in [2.45, 2.75) is 38.5 Å². The molecule has 4 rings (SSSR count). The third-order valence-corrected chi connectivity index (χ3v) is 6.21. The van der Waals surface area contributed by atoms with E-state index in [1.54, 1.807) is 25.3 Å². The molecular weight excluding hydrogens is 404 g/mol. The minimum atomic E-state index is -0.233. The van der Waals surface area contributed by atoms with Crippen LogP contribution in [0.25, 0.3) is 11.0 Å². The summed E-state index contributed by atoms with van der Waals surface area (Å²) in [6, 6.07) is 12.8. The lowest BCUT2D eigenvalue weighted by molar-refractivity contribution is -0.125. The number of ether oxygens (including phenoxy) is 1. The van der Waals surface area contributed by atoms with E-state index in [1.165, 1.54) is 6.42 Å². The number of anilines is 1. The van der Waals surface area contributed by atoms with Gasteiger partial charge >= 0.3 is 0 Å². The van der Waals surface area contributed by atoms with Gasteiger partial charge in [0.25, 0.3) is 5.91 Å². The van der Waals surface area contributed by atoms with E-state index in [-0.39, 0.29) is 17.7 Å². The molecule has 0 bridgehead atoms. The van der Waals surface area contributed by atoms with Crippen LogP contribution in [0.4, 0.5) is 5.69 Å². The van der Waals surface area contributed by atoms with Crippen LogP contribution in [-0.4, -0.2) is 35.0 Å². The third-order valence-electron chi connectivity index (χ3n) is 6.21. The van der Waals surface area contributed by atoms with Gasteiger partial charge in [-0.2, -0.15) is 0 Å². The maximum atomic E-state index is 12.7. The molecule has 0 atom stereocenters. The minimum Gasteiger partial charge on any atom is -0.496 e. The second kappa shape index (κ2) is 9.85. The van der Waals surface area contributed by atoms with Gasteiger partial charge in [0.2, 0.25) is 5.91 Å². The van der Waals surface area contributed by atoms with E-state index in [9.17, 15) is 9.59 Å². The monoisotopic (exact) mass is 434 g/mol. The van der Waals surface area contributed by atoms with Gasteiger partial charge in [-0.3, -0.25) is 9.59 Å². The van der Waals surface area contributed by atoms with Gasteiger partial charge in [0.15, 0.2) is 0 Å². The average Bonchev–Trinajstić information content (AvgIpc) is 3.14. The quantitative estimate of drug-likeness (QED) is 0.587. The number of imidazole rings is 1. The minimum absolute atomic E-state index is 0.165. The highest BCUT2D eigenvalue weighted by molar-refractivity contribution is 6.06. The van der Waals surface area contributed by atoms with Crippen molar-refractivity contribution in [2.24, 2.45) is 13.0 Å². The fourth-order valence-electron chi connectivity index (χ4n) is 4.39. The molecule has 0 spiro atoms. The van der Waals surface area contributed by atoms with Crippen molar-refractivity contribution in [1.82, 2.24) is 14.9 Å². The van der Waals surface area contributed by atoms with Crippen molar-refractivity contribution in [3.05, 3.63) is 53.9 Å². The van der Waals surface area contributed by atoms with E-state index in [0.717, 1.165) is 42.5 Å². The van der Waals surface area contributed by atoms with Crippen molar-refractivity contribution in [2.75, 3.05) is 19.0 Å². The SMILES string of the molecule is COc1ccccc1C(=O)Nc1ccc2c(c1)nc(CCNC(=O)C1CCCCC1)n2C. The van der Waals surface area contributed by atoms with Crippen molar-refractivity contribution in [3.8, 4) is 5.75 Å². The third kappa shape index (κ3) is 4.77. The molecule has 7 nitrogen and oxygen atoms in total. The van der Waals surface area contributed by atoms with Gasteiger partial charge in [0, 0.05) is 31.6 Å². The number of hydrogen-bond donors (Lipinski definition) is 2. The number of fused-ring (bicyclic) bond motifs is 1. The molecule has 1 saturated carbocycles. The second-order valence-corrected chi connectivity index (χ2v) is 8.32. The smallest absolute Gasteiger partial charge is 0.259 e. The number of methoxy groups -OCH3 is 1. The largest absolute Gasteiger partial charge is 0.496 e. The Morgan fingerprint density at radius 2 is 1.91 bits per heavy atom. The Hall–Kier alpha value is -3.35. The van der Waals surface area contributed by atoms with E-state index in [4.69, 9.17) is 9.72 Å². The molecule has 1 fully saturated rings. The predicted octanol–water partition coefficient (Wildman–Crippen LogP) is 4.07. The number of nitrogens with one attached hydrogen (secondary N) is 2. The van der Waals surface area contributed by atoms with Crippen LogP contribution in [0.2, 0.25) is 0 Å². The summed E-state index contributed by atoms with van der Waals surface area (Å²) in [5.74, 6) is 1.53. The number of amides is 2. The number of hydrogen-bond acceptors (Lipinski definition) is 4. The highest BCUT2D eigenvalue weighted by atomic mass is 16.5. The van der Waals surface area contributed by atoms with Crippen molar-refractivity contribution < 1.29 is 14.3 Å². The fourth-order valence-corrected chi connectivity index (χ4v) is 4.39. The Kier molecular flexibility index (Phi) is 6.73. The molecule has 1 aliphatic carbocycles. The first kappa shape index (κ1) is 21.9. The Balaban J connectivity index is 1.41. The van der Waals surface area contributed by atoms with Crippen LogP contribution in [0.1, 0.15) is 48.3 Å². The number of benzene rings is 2. The number of para-hydroxylation sites is 1. The number of rotatable bonds is 7. The summed E-state index contributed by atoms with van der Waals surface area (Å²) in [6.45, 7) is 0.573. The summed E-state index contributed by atoms with van der Waals surface area (Å²) in [5, 5.41) is 6.00. The maximum Gasteiger partial charge on any atom is 0.259 e. The van der Waals surface area contributed by atoms with E-state index in [0.29, 0.717) is 30.0 Å². The van der Waals surface area contributed by atoms with Gasteiger partial charge in [0.05, 0.1) is 23.7 Å². The van der Waals surface area contributed by atoms with Crippen LogP contribution in [0, 0.1) is 5.92 Å². The highest BCUT2D eigenvalue weighted by Gasteiger charge is 2.20. The van der Waals surface area contributed by atoms with Crippen LogP contribution in [0.3, 0.4) is 0 Å². The molecule has 1 aromatic heterocycles. The predicted molar refractivity (Wildman–Crippen MR) is 125 cm³/mol. The number of aromatic nitrogens is 2. The molecule has 2 aromatic carbocycles. The zero-order valence-corrected chi connectivity index (χ0v) is 18.7. The van der Waals surface area contributed by atoms with E-state index in [1.807, 2.05) is 35.9 Å². The first-order valence-electron chi connectivity index (χ1n) is 11.2. The second-order valence-electron chi connectivity index (χ2n) is 8.32. The Bertz CT molecular complexity index is 1120. The van der Waals surface area contributed by atoms with Gasteiger partial charge in [0.1, 0.15) is 11.6 Å². The molecular formula is C25H30N4O3. The van der Waals surface area contributed by atoms with Gasteiger partial charge < -0.3 is 19.9 Å². The number of aryl methyl sites for hydroxylation is 1. The first-order valence-corrected chi connectivity index (χ1v) is 11.2. The average molecular weight is 435 g/mol. The Morgan fingerprint density at radius 3 is 2.69 bits per heavy atom. The molecule has 2 amide bonds. The molecule has 0 aliphatic heterocycles. The summed E-state index contributed by atoms with van der Waals surface area (Å²) >= 11 is 0. The van der Waals surface area contributed by atoms with E-state index < -0.39 is 0 Å². The van der Waals surface area contributed by atoms with Crippen LogP contribution in [0.15, 0.2) is 42.5 Å². The van der Waals surface area contributed by atoms with Crippen LogP contribution < -0.4 is 15.4 Å². The molecule has 168 valence electrons. The first-order chi connectivity index (χ1) is 15.6. The van der Waals surface area contributed by atoms with E-state index >= 15 is 0 Å². The molecule has 2 N–H and O–H groups in total. The van der Waals surface area contributed by atoms with Crippen molar-refractivity contribution in [3.63, 3.8) is 0 Å². The van der Waals surface area contributed by atoms with E-state index in [2.05, 4.69) is 10.6 Å². The van der Waals surface area contributed by atoms with Crippen LogP contribution >= 0.6 is 0 Å². The molecule has 7 heteroatoms. The molecule has 0 saturated heterocycles. The van der Waals surface area contributed by atoms with Gasteiger partial charge in [-0.25, -0.2) is 4.98 Å². The zero-order chi connectivity index (χ0) is 22.5. The molecule has 1 aliphatic rings. The lowest BCUT2D eigenvalue weighted by atomic mass is 9.89. The normalized spacial score (nSPS) is 14.3. The van der Waals surface area contributed by atoms with Crippen molar-refractivity contribution in [1.29, 1.82) is 0 Å². The maximum absolute atomic E-state index is 12.7. The Labute approximate surface area is 188 Å². The van der Waals surface area contributed by atoms with Crippen molar-refractivity contribution >= 4 is 28.5 Å². The summed E-state index contributed by atoms with van der Waals surface area (Å²) in [5.41, 5.74) is 2.93. The summed E-state index contributed by atoms with van der Waals surface area (Å²) in [7, 11) is 3.52. The molecule has 0 unspecified atom stereocenters. The summed E-state index contributed by atoms with van der Waals surface area (Å²) < 4.78 is 7.32. The molecule has 3 aromatic rings. The van der Waals surface area contributed by atoms with Crippen LogP contribution in [-0.2, 0) is 18.3 Å². The van der Waals surface area contributed by atoms with Crippen LogP contribution in [0.5, 0.6) is 5.75 Å². The topological polar surface area (TPSA) is 85.2 Å². The number of carbonyl (C=O) groups is 2. The number of nitrogens with zero attached hydrogens (tertiary/aromatic N) is 2.